The molecule has 0 saturated carbocycles. The summed E-state index contributed by atoms with van der Waals surface area (Å²) in [5.41, 5.74) is 2.81. The van der Waals surface area contributed by atoms with E-state index in [0.717, 1.165) is 60.0 Å². The van der Waals surface area contributed by atoms with Crippen LogP contribution in [0.3, 0.4) is 0 Å². The highest BCUT2D eigenvalue weighted by atomic mass is 32.2. The first-order chi connectivity index (χ1) is 15.0. The number of anilines is 2. The van der Waals surface area contributed by atoms with Crippen LogP contribution in [-0.4, -0.2) is 74.2 Å². The lowest BCUT2D eigenvalue weighted by Gasteiger charge is -2.30. The van der Waals surface area contributed by atoms with Gasteiger partial charge >= 0.3 is 0 Å². The van der Waals surface area contributed by atoms with Crippen LogP contribution in [0.25, 0.3) is 11.4 Å². The van der Waals surface area contributed by atoms with E-state index in [9.17, 15) is 0 Å². The maximum absolute atomic E-state index is 4.90. The lowest BCUT2D eigenvalue weighted by atomic mass is 10.2. The smallest absolute Gasteiger partial charge is 0.197 e. The van der Waals surface area contributed by atoms with Crippen molar-refractivity contribution in [1.29, 1.82) is 0 Å². The van der Waals surface area contributed by atoms with Gasteiger partial charge in [-0.3, -0.25) is 14.9 Å². The molecule has 3 rings (SSSR count). The maximum atomic E-state index is 4.90. The van der Waals surface area contributed by atoms with Gasteiger partial charge in [-0.25, -0.2) is 9.97 Å². The van der Waals surface area contributed by atoms with Crippen LogP contribution < -0.4 is 15.5 Å². The largest absolute Gasteiger partial charge is 0.356 e. The molecular formula is C21H30N8S2. The predicted octanol–water partition coefficient (Wildman–Crippen LogP) is 3.59. The molecule has 0 unspecified atom stereocenters. The van der Waals surface area contributed by atoms with Gasteiger partial charge in [-0.15, -0.1) is 23.1 Å². The zero-order chi connectivity index (χ0) is 22.2. The fourth-order valence-corrected chi connectivity index (χ4v) is 4.76. The first kappa shape index (κ1) is 23.2. The molecule has 2 aromatic rings. The highest BCUT2D eigenvalue weighted by Crippen LogP contribution is 2.31. The van der Waals surface area contributed by atoms with Gasteiger partial charge in [0.2, 0.25) is 0 Å². The van der Waals surface area contributed by atoms with E-state index in [-0.39, 0.29) is 0 Å². The second kappa shape index (κ2) is 11.3. The molecule has 10 heteroatoms. The van der Waals surface area contributed by atoms with Crippen molar-refractivity contribution in [3.63, 3.8) is 0 Å². The number of hydrogen-bond acceptors (Lipinski definition) is 8. The van der Waals surface area contributed by atoms with Gasteiger partial charge in [0.1, 0.15) is 11.5 Å². The van der Waals surface area contributed by atoms with Crippen LogP contribution in [0.5, 0.6) is 0 Å². The van der Waals surface area contributed by atoms with Gasteiger partial charge < -0.3 is 15.5 Å². The number of aromatic nitrogens is 2. The summed E-state index contributed by atoms with van der Waals surface area (Å²) in [6.07, 6.45) is 0.875. The molecule has 0 spiro atoms. The van der Waals surface area contributed by atoms with Crippen molar-refractivity contribution in [2.45, 2.75) is 13.3 Å². The number of thioether (sulfide) groups is 1. The fourth-order valence-electron chi connectivity index (χ4n) is 3.06. The van der Waals surface area contributed by atoms with E-state index < -0.39 is 0 Å². The second-order valence-corrected chi connectivity index (χ2v) is 9.10. The van der Waals surface area contributed by atoms with E-state index in [4.69, 9.17) is 4.98 Å². The molecule has 166 valence electrons. The molecule has 0 amide bonds. The van der Waals surface area contributed by atoms with Gasteiger partial charge in [0.15, 0.2) is 11.1 Å². The zero-order valence-corrected chi connectivity index (χ0v) is 20.2. The van der Waals surface area contributed by atoms with Gasteiger partial charge in [0.05, 0.1) is 17.9 Å². The molecule has 31 heavy (non-hydrogen) atoms. The van der Waals surface area contributed by atoms with Crippen molar-refractivity contribution in [2.75, 3.05) is 56.9 Å². The Balaban J connectivity index is 1.75. The topological polar surface area (TPSA) is 81.0 Å². The molecule has 0 atom stereocenters. The van der Waals surface area contributed by atoms with E-state index in [1.54, 1.807) is 7.05 Å². The second-order valence-electron chi connectivity index (χ2n) is 7.20. The Hall–Kier alpha value is -2.43. The van der Waals surface area contributed by atoms with E-state index in [1.165, 1.54) is 16.2 Å². The Morgan fingerprint density at radius 1 is 1.32 bits per heavy atom. The standard InChI is InChI=1S/C21H30N8S2/c1-6-24-20(23-3)27-21-26-17(13-30-21)15-8-7-9-19(25-15)29-11-10-16(22-2)18(12-29)31-14-28(4)5/h7-9,13H,2,6,10-12,14H2,1,3-5H3,(H2,23,24,26,27). The number of thiazole rings is 1. The number of hydrogen-bond donors (Lipinski definition) is 2. The van der Waals surface area contributed by atoms with Crippen LogP contribution in [0.1, 0.15) is 13.3 Å². The van der Waals surface area contributed by atoms with E-state index in [0.29, 0.717) is 5.96 Å². The van der Waals surface area contributed by atoms with E-state index >= 15 is 0 Å². The fraction of sp³-hybridized carbons (Fsp3) is 0.429. The summed E-state index contributed by atoms with van der Waals surface area (Å²) < 4.78 is 0. The number of guanidine groups is 1. The van der Waals surface area contributed by atoms with Crippen molar-refractivity contribution < 1.29 is 0 Å². The molecule has 3 heterocycles. The third kappa shape index (κ3) is 6.28. The molecule has 2 N–H and O–H groups in total. The average molecular weight is 459 g/mol. The number of nitrogens with one attached hydrogen (secondary N) is 2. The third-order valence-electron chi connectivity index (χ3n) is 4.58. The molecule has 0 bridgehead atoms. The number of aliphatic imine (C=N–C) groups is 2. The third-order valence-corrected chi connectivity index (χ3v) is 6.70. The van der Waals surface area contributed by atoms with Crippen LogP contribution in [0.15, 0.2) is 44.2 Å². The number of nitrogens with zero attached hydrogens (tertiary/aromatic N) is 6. The van der Waals surface area contributed by atoms with Crippen LogP contribution in [0, 0.1) is 0 Å². The molecule has 0 saturated heterocycles. The summed E-state index contributed by atoms with van der Waals surface area (Å²) >= 11 is 3.36. The van der Waals surface area contributed by atoms with Gasteiger partial charge in [-0.2, -0.15) is 0 Å². The molecule has 2 aromatic heterocycles. The summed E-state index contributed by atoms with van der Waals surface area (Å²) in [4.78, 5) is 23.8. The van der Waals surface area contributed by atoms with E-state index in [2.05, 4.69) is 62.3 Å². The van der Waals surface area contributed by atoms with Crippen LogP contribution in [0.2, 0.25) is 0 Å². The Labute approximate surface area is 192 Å². The summed E-state index contributed by atoms with van der Waals surface area (Å²) in [5.74, 6) is 2.58. The zero-order valence-electron chi connectivity index (χ0n) is 18.6. The van der Waals surface area contributed by atoms with E-state index in [1.807, 2.05) is 36.2 Å². The summed E-state index contributed by atoms with van der Waals surface area (Å²) in [6, 6.07) is 6.10. The van der Waals surface area contributed by atoms with Gasteiger partial charge in [-0.1, -0.05) is 6.07 Å². The Morgan fingerprint density at radius 3 is 2.87 bits per heavy atom. The Kier molecular flexibility index (Phi) is 8.44. The summed E-state index contributed by atoms with van der Waals surface area (Å²) in [7, 11) is 5.89. The van der Waals surface area contributed by atoms with Crippen molar-refractivity contribution in [3.05, 3.63) is 34.2 Å². The Morgan fingerprint density at radius 2 is 2.16 bits per heavy atom. The molecule has 0 aromatic carbocycles. The quantitative estimate of drug-likeness (QED) is 0.355. The highest BCUT2D eigenvalue weighted by Gasteiger charge is 2.21. The average Bonchev–Trinajstić information content (AvgIpc) is 3.25. The SMILES string of the molecule is C=NC1=C(SCN(C)C)CN(c2cccc(-c3csc(NC(=NC)NCC)n3)n2)CC1. The van der Waals surface area contributed by atoms with Crippen molar-refractivity contribution in [3.8, 4) is 11.4 Å². The summed E-state index contributed by atoms with van der Waals surface area (Å²) in [6.45, 7) is 8.26. The first-order valence-electron chi connectivity index (χ1n) is 10.2. The molecule has 0 aliphatic carbocycles. The summed E-state index contributed by atoms with van der Waals surface area (Å²) in [5, 5.41) is 9.19. The lowest BCUT2D eigenvalue weighted by molar-refractivity contribution is 0.486. The van der Waals surface area contributed by atoms with Gasteiger partial charge in [0, 0.05) is 42.7 Å². The van der Waals surface area contributed by atoms with Crippen LogP contribution >= 0.6 is 23.1 Å². The predicted molar refractivity (Wildman–Crippen MR) is 136 cm³/mol. The minimum absolute atomic E-state index is 0.708. The van der Waals surface area contributed by atoms with Crippen molar-refractivity contribution in [2.24, 2.45) is 9.98 Å². The molecule has 8 nitrogen and oxygen atoms in total. The highest BCUT2D eigenvalue weighted by molar-refractivity contribution is 8.03. The van der Waals surface area contributed by atoms with Crippen molar-refractivity contribution >= 4 is 46.7 Å². The van der Waals surface area contributed by atoms with Gasteiger partial charge in [-0.05, 0) is 39.9 Å². The van der Waals surface area contributed by atoms with Crippen LogP contribution in [0.4, 0.5) is 10.9 Å². The maximum Gasteiger partial charge on any atom is 0.197 e. The van der Waals surface area contributed by atoms with Crippen molar-refractivity contribution in [1.82, 2.24) is 20.2 Å². The molecule has 1 aliphatic rings. The number of rotatable bonds is 8. The normalized spacial score (nSPS) is 14.9. The molecule has 0 radical (unpaired) electrons. The Bertz CT molecular complexity index is 950. The lowest BCUT2D eigenvalue weighted by Crippen LogP contribution is -2.32. The molecular weight excluding hydrogens is 428 g/mol. The van der Waals surface area contributed by atoms with Crippen LogP contribution in [-0.2, 0) is 0 Å². The van der Waals surface area contributed by atoms with Gasteiger partial charge in [0.25, 0.3) is 0 Å². The number of pyridine rings is 1. The molecule has 1 aliphatic heterocycles. The first-order valence-corrected chi connectivity index (χ1v) is 12.0. The minimum Gasteiger partial charge on any atom is -0.356 e. The minimum atomic E-state index is 0.708. The molecule has 0 fully saturated rings. The monoisotopic (exact) mass is 458 g/mol.